The second-order valence-electron chi connectivity index (χ2n) is 5.89. The minimum Gasteiger partial charge on any atom is -0.487 e. The highest BCUT2D eigenvalue weighted by Gasteiger charge is 2.12. The van der Waals surface area contributed by atoms with Crippen LogP contribution >= 0.6 is 11.8 Å². The lowest BCUT2D eigenvalue weighted by Gasteiger charge is -2.07. The van der Waals surface area contributed by atoms with E-state index in [2.05, 4.69) is 9.72 Å². The molecule has 0 spiro atoms. The Morgan fingerprint density at radius 3 is 2.74 bits per heavy atom. The molecule has 1 aromatic heterocycles. The van der Waals surface area contributed by atoms with Gasteiger partial charge in [-0.1, -0.05) is 30.3 Å². The third kappa shape index (κ3) is 5.37. The Labute approximate surface area is 162 Å². The van der Waals surface area contributed by atoms with Crippen LogP contribution in [0.2, 0.25) is 0 Å². The third-order valence-corrected chi connectivity index (χ3v) is 4.88. The van der Waals surface area contributed by atoms with Crippen LogP contribution in [0.5, 0.6) is 5.75 Å². The average Bonchev–Trinajstić information content (AvgIpc) is 3.08. The molecule has 2 aromatic carbocycles. The number of carbonyl (C=O) groups is 1. The number of hydrogen-bond donors (Lipinski definition) is 0. The van der Waals surface area contributed by atoms with Gasteiger partial charge in [0.25, 0.3) is 0 Å². The standard InChI is InChI=1S/C21H21NO4S/c1-15-19(22-21(26-15)17-8-4-3-5-9-17)12-25-18-10-6-7-16(11-18)13-27-14-20(23)24-2/h3-11H,12-14H2,1-2H3. The summed E-state index contributed by atoms with van der Waals surface area (Å²) in [7, 11) is 1.40. The SMILES string of the molecule is COC(=O)CSCc1cccc(OCc2nc(-c3ccccc3)oc2C)c1. The highest BCUT2D eigenvalue weighted by molar-refractivity contribution is 7.99. The van der Waals surface area contributed by atoms with Gasteiger partial charge in [0.15, 0.2) is 0 Å². The fraction of sp³-hybridized carbons (Fsp3) is 0.238. The summed E-state index contributed by atoms with van der Waals surface area (Å²) < 4.78 is 16.3. The van der Waals surface area contributed by atoms with Crippen molar-refractivity contribution in [3.05, 3.63) is 71.6 Å². The molecule has 0 aliphatic carbocycles. The first kappa shape index (κ1) is 19.0. The van der Waals surface area contributed by atoms with Crippen LogP contribution in [-0.4, -0.2) is 23.8 Å². The molecule has 0 saturated heterocycles. The van der Waals surface area contributed by atoms with Crippen molar-refractivity contribution in [3.63, 3.8) is 0 Å². The molecular formula is C21H21NO4S. The number of rotatable bonds is 8. The number of ether oxygens (including phenoxy) is 2. The van der Waals surface area contributed by atoms with Crippen molar-refractivity contribution < 1.29 is 18.7 Å². The molecule has 6 heteroatoms. The fourth-order valence-corrected chi connectivity index (χ4v) is 3.26. The molecule has 0 unspecified atom stereocenters. The summed E-state index contributed by atoms with van der Waals surface area (Å²) in [5, 5.41) is 0. The minimum atomic E-state index is -0.219. The van der Waals surface area contributed by atoms with E-state index in [0.29, 0.717) is 24.0 Å². The first-order valence-corrected chi connectivity index (χ1v) is 9.69. The molecular weight excluding hydrogens is 362 g/mol. The molecule has 0 N–H and O–H groups in total. The second-order valence-corrected chi connectivity index (χ2v) is 6.88. The van der Waals surface area contributed by atoms with Gasteiger partial charge in [-0.15, -0.1) is 11.8 Å². The van der Waals surface area contributed by atoms with Crippen molar-refractivity contribution in [2.45, 2.75) is 19.3 Å². The Hall–Kier alpha value is -2.73. The van der Waals surface area contributed by atoms with E-state index in [1.165, 1.54) is 18.9 Å². The van der Waals surface area contributed by atoms with Gasteiger partial charge in [0.2, 0.25) is 5.89 Å². The van der Waals surface area contributed by atoms with Gasteiger partial charge in [0.05, 0.1) is 12.9 Å². The number of hydrogen-bond acceptors (Lipinski definition) is 6. The molecule has 0 aliphatic heterocycles. The van der Waals surface area contributed by atoms with Crippen LogP contribution in [-0.2, 0) is 21.9 Å². The molecule has 0 amide bonds. The molecule has 5 nitrogen and oxygen atoms in total. The molecule has 0 fully saturated rings. The predicted molar refractivity (Wildman–Crippen MR) is 106 cm³/mol. The highest BCUT2D eigenvalue weighted by atomic mass is 32.2. The van der Waals surface area contributed by atoms with Gasteiger partial charge in [-0.05, 0) is 36.8 Å². The van der Waals surface area contributed by atoms with Crippen molar-refractivity contribution in [2.75, 3.05) is 12.9 Å². The number of thioether (sulfide) groups is 1. The molecule has 140 valence electrons. The van der Waals surface area contributed by atoms with Gasteiger partial charge >= 0.3 is 5.97 Å². The molecule has 27 heavy (non-hydrogen) atoms. The van der Waals surface area contributed by atoms with Crippen LogP contribution in [0.3, 0.4) is 0 Å². The largest absolute Gasteiger partial charge is 0.487 e. The Morgan fingerprint density at radius 1 is 1.15 bits per heavy atom. The van der Waals surface area contributed by atoms with E-state index >= 15 is 0 Å². The molecule has 1 heterocycles. The summed E-state index contributed by atoms with van der Waals surface area (Å²) in [5.74, 6) is 2.94. The van der Waals surface area contributed by atoms with Crippen LogP contribution in [0, 0.1) is 6.92 Å². The lowest BCUT2D eigenvalue weighted by Crippen LogP contribution is -2.03. The Morgan fingerprint density at radius 2 is 1.96 bits per heavy atom. The lowest BCUT2D eigenvalue weighted by atomic mass is 10.2. The lowest BCUT2D eigenvalue weighted by molar-refractivity contribution is -0.137. The summed E-state index contributed by atoms with van der Waals surface area (Å²) in [6, 6.07) is 17.6. The summed E-state index contributed by atoms with van der Waals surface area (Å²) in [4.78, 5) is 15.7. The van der Waals surface area contributed by atoms with Crippen molar-refractivity contribution in [3.8, 4) is 17.2 Å². The number of aryl methyl sites for hydroxylation is 1. The normalized spacial score (nSPS) is 10.6. The van der Waals surface area contributed by atoms with Crippen LogP contribution in [0.4, 0.5) is 0 Å². The zero-order chi connectivity index (χ0) is 19.1. The fourth-order valence-electron chi connectivity index (χ4n) is 2.45. The summed E-state index contributed by atoms with van der Waals surface area (Å²) in [6.07, 6.45) is 0. The van der Waals surface area contributed by atoms with Crippen LogP contribution in [0.25, 0.3) is 11.5 Å². The van der Waals surface area contributed by atoms with Gasteiger partial charge in [-0.2, -0.15) is 0 Å². The van der Waals surface area contributed by atoms with Crippen LogP contribution < -0.4 is 4.74 Å². The molecule has 0 atom stereocenters. The van der Waals surface area contributed by atoms with Crippen LogP contribution in [0.1, 0.15) is 17.0 Å². The third-order valence-electron chi connectivity index (χ3n) is 3.90. The molecule has 3 rings (SSSR count). The molecule has 0 bridgehead atoms. The van der Waals surface area contributed by atoms with Gasteiger partial charge in [0, 0.05) is 11.3 Å². The number of esters is 1. The van der Waals surface area contributed by atoms with Crippen molar-refractivity contribution in [1.29, 1.82) is 0 Å². The quantitative estimate of drug-likeness (QED) is 0.528. The predicted octanol–water partition coefficient (Wildman–Crippen LogP) is 4.64. The van der Waals surface area contributed by atoms with Crippen molar-refractivity contribution >= 4 is 17.7 Å². The first-order chi connectivity index (χ1) is 13.2. The zero-order valence-corrected chi connectivity index (χ0v) is 16.1. The highest BCUT2D eigenvalue weighted by Crippen LogP contribution is 2.23. The number of oxazole rings is 1. The smallest absolute Gasteiger partial charge is 0.315 e. The molecule has 3 aromatic rings. The number of nitrogens with zero attached hydrogens (tertiary/aromatic N) is 1. The van der Waals surface area contributed by atoms with E-state index in [4.69, 9.17) is 9.15 Å². The first-order valence-electron chi connectivity index (χ1n) is 8.53. The number of aromatic nitrogens is 1. The van der Waals surface area contributed by atoms with E-state index < -0.39 is 0 Å². The zero-order valence-electron chi connectivity index (χ0n) is 15.3. The average molecular weight is 383 g/mol. The van der Waals surface area contributed by atoms with Crippen LogP contribution in [0.15, 0.2) is 59.0 Å². The summed E-state index contributed by atoms with van der Waals surface area (Å²) >= 11 is 1.51. The topological polar surface area (TPSA) is 61.6 Å². The summed E-state index contributed by atoms with van der Waals surface area (Å²) in [6.45, 7) is 2.22. The van der Waals surface area contributed by atoms with E-state index in [9.17, 15) is 4.79 Å². The minimum absolute atomic E-state index is 0.219. The van der Waals surface area contributed by atoms with E-state index in [1.54, 1.807) is 0 Å². The number of methoxy groups -OCH3 is 1. The van der Waals surface area contributed by atoms with Crippen molar-refractivity contribution in [1.82, 2.24) is 4.98 Å². The van der Waals surface area contributed by atoms with Gasteiger partial charge in [-0.25, -0.2) is 4.98 Å². The van der Waals surface area contributed by atoms with E-state index in [0.717, 1.165) is 28.3 Å². The molecule has 0 saturated carbocycles. The summed E-state index contributed by atoms with van der Waals surface area (Å²) in [5.41, 5.74) is 2.80. The van der Waals surface area contributed by atoms with Crippen molar-refractivity contribution in [2.24, 2.45) is 0 Å². The van der Waals surface area contributed by atoms with Gasteiger partial charge in [-0.3, -0.25) is 4.79 Å². The maximum atomic E-state index is 11.2. The maximum Gasteiger partial charge on any atom is 0.315 e. The number of benzene rings is 2. The number of carbonyl (C=O) groups excluding carboxylic acids is 1. The monoisotopic (exact) mass is 383 g/mol. The molecule has 0 aliphatic rings. The maximum absolute atomic E-state index is 11.2. The van der Waals surface area contributed by atoms with Gasteiger partial charge < -0.3 is 13.9 Å². The Kier molecular flexibility index (Phi) is 6.54. The Balaban J connectivity index is 1.59. The van der Waals surface area contributed by atoms with E-state index in [1.807, 2.05) is 61.5 Å². The second kappa shape index (κ2) is 9.28. The molecule has 0 radical (unpaired) electrons. The Bertz CT molecular complexity index is 892. The van der Waals surface area contributed by atoms with Gasteiger partial charge in [0.1, 0.15) is 23.8 Å². The van der Waals surface area contributed by atoms with E-state index in [-0.39, 0.29) is 5.97 Å².